The third kappa shape index (κ3) is 5.36. The second kappa shape index (κ2) is 11.9. The van der Waals surface area contributed by atoms with Crippen molar-refractivity contribution in [1.29, 1.82) is 0 Å². The molecule has 7 heteroatoms. The number of carbonyl (C=O) groups excluding carboxylic acids is 2. The molecule has 0 saturated carbocycles. The van der Waals surface area contributed by atoms with Gasteiger partial charge in [-0.05, 0) is 0 Å². The molecule has 3 aromatic rings. The van der Waals surface area contributed by atoms with E-state index in [-0.39, 0.29) is 62.3 Å². The average Bonchev–Trinajstić information content (AvgIpc) is 2.68. The maximum Gasteiger partial charge on any atom is 1.00 e. The Kier molecular flexibility index (Phi) is 11.1. The van der Waals surface area contributed by atoms with E-state index in [1.807, 2.05) is 54.6 Å². The summed E-state index contributed by atoms with van der Waals surface area (Å²) >= 11 is 0. The van der Waals surface area contributed by atoms with Gasteiger partial charge < -0.3 is 25.6 Å². The van der Waals surface area contributed by atoms with Crippen LogP contribution in [-0.2, 0) is 19.9 Å². The number of aliphatic carboxylic acids is 1. The Morgan fingerprint density at radius 3 is 1.18 bits per heavy atom. The average molecular weight is 406 g/mol. The van der Waals surface area contributed by atoms with Crippen LogP contribution in [0, 0.1) is 0 Å². The van der Waals surface area contributed by atoms with Gasteiger partial charge in [0.1, 0.15) is 0 Å². The van der Waals surface area contributed by atoms with Crippen molar-refractivity contribution in [2.45, 2.75) is 5.60 Å². The first-order chi connectivity index (χ1) is 12.1. The largest absolute Gasteiger partial charge is 1.00 e. The van der Waals surface area contributed by atoms with Crippen molar-refractivity contribution in [2.24, 2.45) is 0 Å². The molecule has 0 amide bonds. The Labute approximate surface area is 205 Å². The number of carboxylic acids is 1. The quantitative estimate of drug-likeness (QED) is 0.207. The molecule has 0 fully saturated rings. The van der Waals surface area contributed by atoms with E-state index in [4.69, 9.17) is 4.74 Å². The Bertz CT molecular complexity index is 773. The van der Waals surface area contributed by atoms with Crippen molar-refractivity contribution in [2.75, 3.05) is 0 Å². The number of hydrogen-bond acceptors (Lipinski definition) is 4. The van der Waals surface area contributed by atoms with Gasteiger partial charge in [0.25, 0.3) is 0 Å². The van der Waals surface area contributed by atoms with E-state index in [1.165, 1.54) is 0 Å². The molecule has 0 unspecified atom stereocenters. The van der Waals surface area contributed by atoms with Crippen molar-refractivity contribution in [3.63, 3.8) is 0 Å². The van der Waals surface area contributed by atoms with Gasteiger partial charge >= 0.3 is 57.4 Å². The van der Waals surface area contributed by atoms with Crippen molar-refractivity contribution >= 4 is 11.9 Å². The van der Waals surface area contributed by atoms with Gasteiger partial charge in [0.2, 0.25) is 0 Å². The molecule has 3 aromatic carbocycles. The van der Waals surface area contributed by atoms with Crippen LogP contribution in [0.3, 0.4) is 0 Å². The summed E-state index contributed by atoms with van der Waals surface area (Å²) in [7, 11) is 0. The Morgan fingerprint density at radius 1 is 0.643 bits per heavy atom. The van der Waals surface area contributed by atoms with Crippen LogP contribution < -0.4 is 56.5 Å². The van der Waals surface area contributed by atoms with Gasteiger partial charge in [-0.25, -0.2) is 4.79 Å². The molecule has 0 bridgehead atoms. The van der Waals surface area contributed by atoms with Crippen molar-refractivity contribution in [1.82, 2.24) is 0 Å². The SMILES string of the molecule is O.O.O=C([O-])C(=O)OC(c1ccccc1)(c1ccccc1)c1ccccc1.[K+]. The number of esters is 1. The first-order valence-corrected chi connectivity index (χ1v) is 7.75. The van der Waals surface area contributed by atoms with E-state index in [9.17, 15) is 14.7 Å². The van der Waals surface area contributed by atoms with Crippen LogP contribution in [0.25, 0.3) is 0 Å². The van der Waals surface area contributed by atoms with Crippen LogP contribution in [-0.4, -0.2) is 22.9 Å². The second-order valence-corrected chi connectivity index (χ2v) is 5.46. The number of hydrogen-bond donors (Lipinski definition) is 0. The maximum absolute atomic E-state index is 12.0. The van der Waals surface area contributed by atoms with E-state index < -0.39 is 17.5 Å². The molecule has 0 atom stereocenters. The minimum Gasteiger partial charge on any atom is -0.539 e. The summed E-state index contributed by atoms with van der Waals surface area (Å²) in [6.45, 7) is 0. The van der Waals surface area contributed by atoms with Crippen LogP contribution in [0.15, 0.2) is 91.0 Å². The van der Waals surface area contributed by atoms with Gasteiger partial charge in [0, 0.05) is 16.7 Å². The molecule has 0 aliphatic carbocycles. The molecule has 0 aromatic heterocycles. The minimum absolute atomic E-state index is 0. The molecular weight excluding hydrogens is 387 g/mol. The van der Waals surface area contributed by atoms with E-state index >= 15 is 0 Å². The van der Waals surface area contributed by atoms with Crippen molar-refractivity contribution < 1.29 is 81.8 Å². The van der Waals surface area contributed by atoms with Crippen LogP contribution >= 0.6 is 0 Å². The van der Waals surface area contributed by atoms with Crippen LogP contribution in [0.4, 0.5) is 0 Å². The third-order valence-electron chi connectivity index (χ3n) is 3.95. The smallest absolute Gasteiger partial charge is 0.539 e. The Balaban J connectivity index is 0.00000243. The van der Waals surface area contributed by atoms with E-state index in [0.717, 1.165) is 0 Å². The Hall–Kier alpha value is -1.84. The zero-order valence-corrected chi connectivity index (χ0v) is 18.4. The summed E-state index contributed by atoms with van der Waals surface area (Å²) in [5.74, 6) is -3.30. The summed E-state index contributed by atoms with van der Waals surface area (Å²) in [6.07, 6.45) is 0. The molecule has 4 N–H and O–H groups in total. The van der Waals surface area contributed by atoms with Gasteiger partial charge in [-0.1, -0.05) is 91.0 Å². The van der Waals surface area contributed by atoms with Gasteiger partial charge in [-0.2, -0.15) is 0 Å². The fraction of sp³-hybridized carbons (Fsp3) is 0.0476. The van der Waals surface area contributed by atoms with Crippen molar-refractivity contribution in [3.8, 4) is 0 Å². The monoisotopic (exact) mass is 406 g/mol. The number of carboxylic acid groups (broad SMARTS) is 1. The fourth-order valence-electron chi connectivity index (χ4n) is 2.88. The molecule has 0 radical (unpaired) electrons. The molecule has 6 nitrogen and oxygen atoms in total. The van der Waals surface area contributed by atoms with Gasteiger partial charge in [-0.15, -0.1) is 0 Å². The summed E-state index contributed by atoms with van der Waals surface area (Å²) in [6, 6.07) is 27.1. The number of rotatable bonds is 4. The van der Waals surface area contributed by atoms with Gasteiger partial charge in [-0.3, -0.25) is 0 Å². The number of ether oxygens (including phenoxy) is 1. The van der Waals surface area contributed by atoms with Gasteiger partial charge in [0.05, 0.1) is 0 Å². The molecule has 0 aliphatic heterocycles. The summed E-state index contributed by atoms with van der Waals surface area (Å²) < 4.78 is 5.56. The zero-order chi connectivity index (χ0) is 17.7. The first kappa shape index (κ1) is 26.2. The van der Waals surface area contributed by atoms with E-state index in [2.05, 4.69) is 0 Å². The zero-order valence-electron chi connectivity index (χ0n) is 15.3. The van der Waals surface area contributed by atoms with Gasteiger partial charge in [0.15, 0.2) is 11.6 Å². The molecular formula is C21H19KO6. The minimum atomic E-state index is -1.88. The fourth-order valence-corrected chi connectivity index (χ4v) is 2.88. The summed E-state index contributed by atoms with van der Waals surface area (Å²) in [4.78, 5) is 23.1. The molecule has 0 saturated heterocycles. The predicted octanol–water partition coefficient (Wildman–Crippen LogP) is -2.37. The molecule has 0 spiro atoms. The van der Waals surface area contributed by atoms with Crippen molar-refractivity contribution in [3.05, 3.63) is 108 Å². The molecule has 0 heterocycles. The maximum atomic E-state index is 12.0. The first-order valence-electron chi connectivity index (χ1n) is 7.75. The van der Waals surface area contributed by atoms with E-state index in [0.29, 0.717) is 16.7 Å². The van der Waals surface area contributed by atoms with Crippen LogP contribution in [0.2, 0.25) is 0 Å². The number of benzene rings is 3. The van der Waals surface area contributed by atoms with Crippen LogP contribution in [0.1, 0.15) is 16.7 Å². The molecule has 3 rings (SSSR count). The normalized spacial score (nSPS) is 9.71. The molecule has 140 valence electrons. The standard InChI is InChI=1S/C21H16O4.K.2H2O/c22-19(23)20(24)25-21(16-10-4-1-5-11-16,17-12-6-2-7-13-17)18-14-8-3-9-15-18;;;/h1-15H,(H,22,23);;2*1H2/q;+1;;/p-1. The predicted molar refractivity (Wildman–Crippen MR) is 97.5 cm³/mol. The molecule has 0 aliphatic rings. The third-order valence-corrected chi connectivity index (χ3v) is 3.95. The molecule has 28 heavy (non-hydrogen) atoms. The Morgan fingerprint density at radius 2 is 0.929 bits per heavy atom. The van der Waals surface area contributed by atoms with Crippen LogP contribution in [0.5, 0.6) is 0 Å². The number of carbonyl (C=O) groups is 2. The summed E-state index contributed by atoms with van der Waals surface area (Å²) in [5.41, 5.74) is 0.534. The topological polar surface area (TPSA) is 129 Å². The summed E-state index contributed by atoms with van der Waals surface area (Å²) in [5, 5.41) is 11.1. The second-order valence-electron chi connectivity index (χ2n) is 5.46. The van der Waals surface area contributed by atoms with E-state index in [1.54, 1.807) is 36.4 Å².